The Bertz CT molecular complexity index is 1540. The van der Waals surface area contributed by atoms with Crippen LogP contribution in [0.15, 0.2) is 118 Å². The van der Waals surface area contributed by atoms with E-state index in [9.17, 15) is 0 Å². The van der Waals surface area contributed by atoms with E-state index in [1.165, 1.54) is 39.8 Å². The van der Waals surface area contributed by atoms with Gasteiger partial charge in [-0.25, -0.2) is 0 Å². The number of hydrogen-bond acceptors (Lipinski definition) is 0. The minimum absolute atomic E-state index is 0.474. The van der Waals surface area contributed by atoms with Gasteiger partial charge in [0.15, 0.2) is 0 Å². The molecule has 0 saturated heterocycles. The Morgan fingerprint density at radius 2 is 1.15 bits per heavy atom. The summed E-state index contributed by atoms with van der Waals surface area (Å²) in [4.78, 5) is 0. The molecule has 2 aliphatic rings. The molecule has 0 saturated carbocycles. The zero-order valence-electron chi connectivity index (χ0n) is 24.4. The molecule has 0 heterocycles. The minimum atomic E-state index is -2.69. The first-order valence-corrected chi connectivity index (χ1v) is 19.1. The van der Waals surface area contributed by atoms with Crippen LogP contribution < -0.4 is 0 Å². The topological polar surface area (TPSA) is 0 Å². The maximum atomic E-state index is 2.58. The second-order valence-electron chi connectivity index (χ2n) is 11.2. The van der Waals surface area contributed by atoms with Crippen molar-refractivity contribution in [2.45, 2.75) is 63.4 Å². The van der Waals surface area contributed by atoms with Crippen LogP contribution in [0.2, 0.25) is 0 Å². The number of benzene rings is 4. The van der Waals surface area contributed by atoms with Gasteiger partial charge in [0.25, 0.3) is 0 Å². The van der Waals surface area contributed by atoms with Crippen LogP contribution in [0.1, 0.15) is 84.0 Å². The normalized spacial score (nSPS) is 14.2. The second kappa shape index (κ2) is 11.9. The first-order chi connectivity index (χ1) is 19.7. The van der Waals surface area contributed by atoms with Crippen molar-refractivity contribution in [3.63, 3.8) is 0 Å². The van der Waals surface area contributed by atoms with Gasteiger partial charge in [0.05, 0.1) is 0 Å². The molecule has 6 rings (SSSR count). The van der Waals surface area contributed by atoms with E-state index in [0.717, 1.165) is 25.7 Å². The van der Waals surface area contributed by atoms with Crippen molar-refractivity contribution >= 4 is 3.21 Å². The molecule has 0 aliphatic heterocycles. The number of hydrogen-bond donors (Lipinski definition) is 0. The summed E-state index contributed by atoms with van der Waals surface area (Å²) in [6, 6.07) is 37.5. The van der Waals surface area contributed by atoms with Gasteiger partial charge in [-0.05, 0) is 0 Å². The van der Waals surface area contributed by atoms with Crippen LogP contribution in [-0.4, -0.2) is 3.21 Å². The van der Waals surface area contributed by atoms with Crippen LogP contribution in [0.25, 0.3) is 11.1 Å². The third-order valence-electron chi connectivity index (χ3n) is 8.97. The summed E-state index contributed by atoms with van der Waals surface area (Å²) >= 11 is -2.69. The van der Waals surface area contributed by atoms with Gasteiger partial charge in [-0.1, -0.05) is 0 Å². The van der Waals surface area contributed by atoms with Gasteiger partial charge in [-0.15, -0.1) is 0 Å². The van der Waals surface area contributed by atoms with Crippen molar-refractivity contribution in [3.05, 3.63) is 151 Å². The molecule has 2 aliphatic carbocycles. The molecule has 0 spiro atoms. The van der Waals surface area contributed by atoms with E-state index < -0.39 is 21.3 Å². The van der Waals surface area contributed by atoms with Crippen molar-refractivity contribution in [3.8, 4) is 11.1 Å². The Kier molecular flexibility index (Phi) is 8.13. The van der Waals surface area contributed by atoms with E-state index in [-0.39, 0.29) is 0 Å². The quantitative estimate of drug-likeness (QED) is 0.189. The van der Waals surface area contributed by atoms with Crippen LogP contribution >= 0.6 is 0 Å². The van der Waals surface area contributed by atoms with E-state index in [2.05, 4.69) is 131 Å². The van der Waals surface area contributed by atoms with Crippen LogP contribution in [0.3, 0.4) is 0 Å². The summed E-state index contributed by atoms with van der Waals surface area (Å²) in [7, 11) is 0. The Morgan fingerprint density at radius 1 is 0.625 bits per heavy atom. The van der Waals surface area contributed by atoms with Crippen LogP contribution in [0.4, 0.5) is 0 Å². The number of aryl methyl sites for hydroxylation is 2. The average Bonchev–Trinajstić information content (AvgIpc) is 3.58. The fourth-order valence-corrected chi connectivity index (χ4v) is 16.7. The van der Waals surface area contributed by atoms with E-state index in [1.54, 1.807) is 25.5 Å². The van der Waals surface area contributed by atoms with E-state index in [1.807, 2.05) is 3.28 Å². The first kappa shape index (κ1) is 27.3. The summed E-state index contributed by atoms with van der Waals surface area (Å²) in [5, 5.41) is 0. The molecule has 0 bridgehead atoms. The van der Waals surface area contributed by atoms with Crippen molar-refractivity contribution in [1.82, 2.24) is 0 Å². The third-order valence-corrected chi connectivity index (χ3v) is 17.5. The summed E-state index contributed by atoms with van der Waals surface area (Å²) in [6.07, 6.45) is 8.16. The molecule has 0 atom stereocenters. The van der Waals surface area contributed by atoms with Crippen LogP contribution in [0, 0.1) is 0 Å². The van der Waals surface area contributed by atoms with Crippen molar-refractivity contribution < 1.29 is 21.3 Å². The first-order valence-electron chi connectivity index (χ1n) is 15.2. The van der Waals surface area contributed by atoms with E-state index in [0.29, 0.717) is 3.63 Å². The Labute approximate surface area is 248 Å². The molecule has 1 heteroatoms. The molecule has 0 radical (unpaired) electrons. The molecule has 4 aromatic rings. The summed E-state index contributed by atoms with van der Waals surface area (Å²) < 4.78 is 3.95. The molecular weight excluding hydrogens is 560 g/mol. The van der Waals surface area contributed by atoms with Gasteiger partial charge in [0.2, 0.25) is 0 Å². The van der Waals surface area contributed by atoms with Gasteiger partial charge in [0.1, 0.15) is 0 Å². The zero-order valence-corrected chi connectivity index (χ0v) is 26.9. The maximum absolute atomic E-state index is 2.69. The number of fused-ring (bicyclic) bond motifs is 3. The molecule has 0 fully saturated rings. The summed E-state index contributed by atoms with van der Waals surface area (Å²) in [5.74, 6) is 0. The molecule has 0 aromatic heterocycles. The van der Waals surface area contributed by atoms with Crippen molar-refractivity contribution in [1.29, 1.82) is 0 Å². The van der Waals surface area contributed by atoms with E-state index in [4.69, 9.17) is 0 Å². The molecule has 0 N–H and O–H groups in total. The average molecular weight is 600 g/mol. The standard InChI is InChI=1S/C17H17.C13H10.C9H13.Zr/c1-3-12-5-7-16-14(9-12)11-15-10-13(4-2)6-8-17(15)16;1-3-7-12(8-4-1)11-13-9-5-2-6-10-13;1-3-8-5-6-9(4-2)7-8;/h5-11H,3-4H2,1-2H3;1-10H;7H,3-5H2,1-2H3;. The van der Waals surface area contributed by atoms with Gasteiger partial charge in [0, 0.05) is 0 Å². The third kappa shape index (κ3) is 4.92. The molecule has 4 aromatic carbocycles. The van der Waals surface area contributed by atoms with Gasteiger partial charge in [-0.2, -0.15) is 0 Å². The van der Waals surface area contributed by atoms with Crippen molar-refractivity contribution in [2.75, 3.05) is 0 Å². The van der Waals surface area contributed by atoms with Crippen LogP contribution in [0.5, 0.6) is 0 Å². The molecule has 0 nitrogen and oxygen atoms in total. The van der Waals surface area contributed by atoms with Crippen LogP contribution in [-0.2, 0) is 34.1 Å². The molecule has 0 amide bonds. The number of allylic oxidation sites excluding steroid dienone is 4. The fraction of sp³-hybridized carbons (Fsp3) is 0.256. The number of rotatable bonds is 8. The zero-order chi connectivity index (χ0) is 27.6. The van der Waals surface area contributed by atoms with Gasteiger partial charge in [-0.3, -0.25) is 0 Å². The predicted octanol–water partition coefficient (Wildman–Crippen LogP) is 10.2. The van der Waals surface area contributed by atoms with E-state index >= 15 is 0 Å². The molecular formula is C39H40Zr. The Balaban J connectivity index is 1.75. The van der Waals surface area contributed by atoms with Gasteiger partial charge < -0.3 is 0 Å². The monoisotopic (exact) mass is 598 g/mol. The Hall–Kier alpha value is -2.89. The summed E-state index contributed by atoms with van der Waals surface area (Å²) in [5.41, 5.74) is 15.1. The SMILES string of the molecule is CCC1=CC(CC)=[C]([Zr](=[C](c2ccccc2)c2ccccc2)[CH]2c3cc(CC)ccc3-c3ccc(CC)cc32)C1. The molecule has 0 unspecified atom stereocenters. The second-order valence-corrected chi connectivity index (χ2v) is 17.4. The Morgan fingerprint density at radius 3 is 1.60 bits per heavy atom. The van der Waals surface area contributed by atoms with Crippen molar-refractivity contribution in [2.24, 2.45) is 0 Å². The fourth-order valence-electron chi connectivity index (χ4n) is 6.80. The predicted molar refractivity (Wildman–Crippen MR) is 169 cm³/mol. The molecule has 200 valence electrons. The van der Waals surface area contributed by atoms with Gasteiger partial charge >= 0.3 is 250 Å². The molecule has 40 heavy (non-hydrogen) atoms. The summed E-state index contributed by atoms with van der Waals surface area (Å²) in [6.45, 7) is 9.30.